The minimum Gasteiger partial charge on any atom is -0.493 e. The van der Waals surface area contributed by atoms with Crippen LogP contribution in [0.15, 0.2) is 30.3 Å². The second-order valence-electron chi connectivity index (χ2n) is 9.49. The first-order chi connectivity index (χ1) is 16.0. The summed E-state index contributed by atoms with van der Waals surface area (Å²) < 4.78 is 29.1. The van der Waals surface area contributed by atoms with Crippen LogP contribution in [-0.2, 0) is 11.2 Å². The van der Waals surface area contributed by atoms with Crippen LogP contribution in [0.4, 0.5) is 0 Å². The summed E-state index contributed by atoms with van der Waals surface area (Å²) in [6.07, 6.45) is 6.90. The second kappa shape index (κ2) is 9.82. The highest BCUT2D eigenvalue weighted by Crippen LogP contribution is 2.55. The summed E-state index contributed by atoms with van der Waals surface area (Å²) in [5.74, 6) is 3.00. The molecule has 0 aromatic heterocycles. The Labute approximate surface area is 204 Å². The molecule has 6 nitrogen and oxygen atoms in total. The number of methoxy groups -OCH3 is 4. The lowest BCUT2D eigenvalue weighted by Crippen LogP contribution is -2.27. The van der Waals surface area contributed by atoms with E-state index in [9.17, 15) is 4.79 Å². The lowest BCUT2D eigenvalue weighted by molar-refractivity contribution is -0.114. The molecule has 7 heteroatoms. The molecule has 0 fully saturated rings. The molecule has 2 aromatic rings. The van der Waals surface area contributed by atoms with Crippen LogP contribution in [0.5, 0.6) is 28.7 Å². The van der Waals surface area contributed by atoms with Crippen molar-refractivity contribution in [1.29, 1.82) is 0 Å². The van der Waals surface area contributed by atoms with Gasteiger partial charge in [0.1, 0.15) is 0 Å². The van der Waals surface area contributed by atoms with E-state index < -0.39 is 10.3 Å². The van der Waals surface area contributed by atoms with Gasteiger partial charge in [-0.15, -0.1) is 0 Å². The van der Waals surface area contributed by atoms with Gasteiger partial charge in [0.15, 0.2) is 28.8 Å². The molecule has 0 heterocycles. The summed E-state index contributed by atoms with van der Waals surface area (Å²) in [6, 6.07) is 7.70. The fraction of sp³-hybridized carbons (Fsp3) is 0.444. The maximum Gasteiger partial charge on any atom is 0.203 e. The van der Waals surface area contributed by atoms with Crippen molar-refractivity contribution in [3.8, 4) is 28.7 Å². The predicted molar refractivity (Wildman–Crippen MR) is 139 cm³/mol. The zero-order chi connectivity index (χ0) is 25.3. The quantitative estimate of drug-likeness (QED) is 0.489. The summed E-state index contributed by atoms with van der Waals surface area (Å²) in [5.41, 5.74) is 3.42. The van der Waals surface area contributed by atoms with E-state index in [1.165, 1.54) is 0 Å². The van der Waals surface area contributed by atoms with E-state index in [-0.39, 0.29) is 10.5 Å². The van der Waals surface area contributed by atoms with Crippen LogP contribution in [0, 0.1) is 0 Å². The number of carbonyl (C=O) groups excluding carboxylic acids is 1. The Bertz CT molecular complexity index is 1110. The summed E-state index contributed by atoms with van der Waals surface area (Å²) >= 11 is 0. The van der Waals surface area contributed by atoms with Crippen LogP contribution in [0.2, 0.25) is 0 Å². The molecule has 186 valence electrons. The Morgan fingerprint density at radius 1 is 0.794 bits per heavy atom. The van der Waals surface area contributed by atoms with E-state index in [0.717, 1.165) is 22.3 Å². The van der Waals surface area contributed by atoms with Crippen molar-refractivity contribution in [1.82, 2.24) is 0 Å². The van der Waals surface area contributed by atoms with E-state index in [4.69, 9.17) is 23.1 Å². The third kappa shape index (κ3) is 4.85. The van der Waals surface area contributed by atoms with Gasteiger partial charge in [-0.1, -0.05) is 16.4 Å². The van der Waals surface area contributed by atoms with Crippen molar-refractivity contribution in [3.05, 3.63) is 47.0 Å². The summed E-state index contributed by atoms with van der Waals surface area (Å²) in [6.45, 7) is 6.52. The number of hydrogen-bond donors (Lipinski definition) is 0. The minimum atomic E-state index is -1.46. The third-order valence-corrected chi connectivity index (χ3v) is 9.94. The predicted octanol–water partition coefficient (Wildman–Crippen LogP) is 5.82. The zero-order valence-electron chi connectivity index (χ0n) is 21.7. The van der Waals surface area contributed by atoms with Gasteiger partial charge in [-0.2, -0.15) is 0 Å². The molecule has 34 heavy (non-hydrogen) atoms. The Morgan fingerprint density at radius 3 is 2.00 bits per heavy atom. The number of rotatable bonds is 7. The van der Waals surface area contributed by atoms with Crippen LogP contribution < -0.4 is 23.1 Å². The normalized spacial score (nSPS) is 14.5. The van der Waals surface area contributed by atoms with Crippen LogP contribution in [0.3, 0.4) is 0 Å². The van der Waals surface area contributed by atoms with E-state index in [2.05, 4.69) is 33.3 Å². The zero-order valence-corrected chi connectivity index (χ0v) is 22.5. The number of ether oxygens (including phenoxy) is 4. The average molecular weight is 489 g/mol. The largest absolute Gasteiger partial charge is 0.493 e. The number of benzene rings is 2. The van der Waals surface area contributed by atoms with Crippen LogP contribution in [-0.4, -0.2) is 51.5 Å². The molecule has 0 radical (unpaired) electrons. The van der Waals surface area contributed by atoms with Gasteiger partial charge in [0.25, 0.3) is 0 Å². The molecule has 0 unspecified atom stereocenters. The Hall–Kier alpha value is -2.80. The van der Waals surface area contributed by atoms with E-state index in [1.54, 1.807) is 34.5 Å². The maximum absolute atomic E-state index is 12.8. The van der Waals surface area contributed by atoms with Gasteiger partial charge in [0, 0.05) is 16.7 Å². The topological polar surface area (TPSA) is 63.2 Å². The number of hydrogen-bond acceptors (Lipinski definition) is 6. The minimum absolute atomic E-state index is 0.0323. The van der Waals surface area contributed by atoms with Gasteiger partial charge in [-0.25, -0.2) is 0 Å². The van der Waals surface area contributed by atoms with Crippen molar-refractivity contribution < 1.29 is 27.9 Å². The van der Waals surface area contributed by atoms with Crippen LogP contribution >= 0.6 is 10.3 Å². The molecular weight excluding hydrogens is 452 g/mol. The van der Waals surface area contributed by atoms with Crippen LogP contribution in [0.25, 0.3) is 5.57 Å². The van der Waals surface area contributed by atoms with E-state index in [0.29, 0.717) is 41.6 Å². The maximum atomic E-state index is 12.8. The lowest BCUT2D eigenvalue weighted by atomic mass is 9.92. The van der Waals surface area contributed by atoms with Gasteiger partial charge in [0.05, 0.1) is 28.4 Å². The molecule has 2 aromatic carbocycles. The summed E-state index contributed by atoms with van der Waals surface area (Å²) in [4.78, 5) is 12.8. The molecule has 0 aliphatic heterocycles. The Morgan fingerprint density at radius 2 is 1.44 bits per heavy atom. The molecule has 0 spiro atoms. The van der Waals surface area contributed by atoms with Crippen LogP contribution in [0.1, 0.15) is 43.9 Å². The summed E-state index contributed by atoms with van der Waals surface area (Å²) in [5, 5.41) is 0. The average Bonchev–Trinajstić information content (AvgIpc) is 2.95. The first kappa shape index (κ1) is 25.8. The van der Waals surface area contributed by atoms with Gasteiger partial charge in [-0.3, -0.25) is 4.79 Å². The van der Waals surface area contributed by atoms with Gasteiger partial charge >= 0.3 is 0 Å². The lowest BCUT2D eigenvalue weighted by Gasteiger charge is -2.44. The monoisotopic (exact) mass is 488 g/mol. The molecular formula is C27H36O6S. The number of ketones is 1. The van der Waals surface area contributed by atoms with Crippen molar-refractivity contribution in [3.63, 3.8) is 0 Å². The molecule has 0 amide bonds. The first-order valence-electron chi connectivity index (χ1n) is 11.1. The van der Waals surface area contributed by atoms with E-state index in [1.807, 2.05) is 24.3 Å². The third-order valence-electron chi connectivity index (χ3n) is 6.40. The van der Waals surface area contributed by atoms with Gasteiger partial charge in [-0.05, 0) is 80.7 Å². The van der Waals surface area contributed by atoms with Crippen molar-refractivity contribution >= 4 is 21.7 Å². The van der Waals surface area contributed by atoms with Gasteiger partial charge in [0.2, 0.25) is 5.75 Å². The Kier molecular flexibility index (Phi) is 7.46. The van der Waals surface area contributed by atoms with Crippen molar-refractivity contribution in [2.24, 2.45) is 0 Å². The molecule has 0 atom stereocenters. The molecule has 1 aliphatic carbocycles. The van der Waals surface area contributed by atoms with Crippen molar-refractivity contribution in [2.75, 3.05) is 41.0 Å². The fourth-order valence-electron chi connectivity index (χ4n) is 3.76. The summed E-state index contributed by atoms with van der Waals surface area (Å²) in [7, 11) is 4.94. The van der Waals surface area contributed by atoms with E-state index >= 15 is 0 Å². The first-order valence-corrected chi connectivity index (χ1v) is 13.5. The standard InChI is InChI=1S/C27H36O6S/c1-27(2,3)34(8,9)33-23-14-17(10-13-22(23)29-4)20-15-18(28)11-12-19-21(20)16-24(30-5)26(32-7)25(19)31-6/h10,13-16H,11-12H2,1-9H3. The molecule has 0 bridgehead atoms. The molecule has 0 saturated carbocycles. The number of carbonyl (C=O) groups is 1. The second-order valence-corrected chi connectivity index (χ2v) is 13.3. The highest BCUT2D eigenvalue weighted by atomic mass is 32.3. The molecule has 0 N–H and O–H groups in total. The Balaban J connectivity index is 2.23. The van der Waals surface area contributed by atoms with Gasteiger partial charge < -0.3 is 23.1 Å². The molecule has 1 aliphatic rings. The number of fused-ring (bicyclic) bond motifs is 1. The fourth-order valence-corrected chi connectivity index (χ4v) is 4.59. The number of allylic oxidation sites excluding steroid dienone is 1. The van der Waals surface area contributed by atoms with Crippen molar-refractivity contribution in [2.45, 2.75) is 38.4 Å². The molecule has 0 saturated heterocycles. The highest BCUT2D eigenvalue weighted by Gasteiger charge is 2.32. The smallest absolute Gasteiger partial charge is 0.203 e. The highest BCUT2D eigenvalue weighted by molar-refractivity contribution is 8.30. The molecule has 3 rings (SSSR count). The SMILES string of the molecule is COc1ccc(C2=CC(=O)CCc3c2cc(OC)c(OC)c3OC)cc1OS(C)(C)C(C)(C)C.